The van der Waals surface area contributed by atoms with E-state index in [0.29, 0.717) is 5.92 Å². The Balaban J connectivity index is 2.84. The van der Waals surface area contributed by atoms with E-state index in [1.54, 1.807) is 0 Å². The highest BCUT2D eigenvalue weighted by molar-refractivity contribution is 9.10. The zero-order chi connectivity index (χ0) is 10.7. The van der Waals surface area contributed by atoms with Crippen LogP contribution < -0.4 is 0 Å². The standard InChI is InChI=1S/C12H15BrO/c1-8(2)9(3)12(14)10-4-6-11(13)7-5-10/h4-9H,1-3H3. The molecule has 0 aromatic heterocycles. The van der Waals surface area contributed by atoms with Gasteiger partial charge in [-0.1, -0.05) is 48.8 Å². The largest absolute Gasteiger partial charge is 0.294 e. The zero-order valence-corrected chi connectivity index (χ0v) is 10.3. The van der Waals surface area contributed by atoms with Crippen LogP contribution in [0.4, 0.5) is 0 Å². The molecule has 0 radical (unpaired) electrons. The molecule has 1 unspecified atom stereocenters. The van der Waals surface area contributed by atoms with Crippen LogP contribution >= 0.6 is 15.9 Å². The molecule has 1 aromatic carbocycles. The van der Waals surface area contributed by atoms with Crippen molar-refractivity contribution in [2.24, 2.45) is 11.8 Å². The van der Waals surface area contributed by atoms with Gasteiger partial charge in [-0.05, 0) is 18.1 Å². The Morgan fingerprint density at radius 2 is 1.64 bits per heavy atom. The van der Waals surface area contributed by atoms with Crippen molar-refractivity contribution < 1.29 is 4.79 Å². The molecule has 0 spiro atoms. The number of benzene rings is 1. The first-order valence-corrected chi connectivity index (χ1v) is 5.61. The van der Waals surface area contributed by atoms with E-state index < -0.39 is 0 Å². The molecule has 14 heavy (non-hydrogen) atoms. The molecule has 0 saturated heterocycles. The van der Waals surface area contributed by atoms with Crippen LogP contribution in [0, 0.1) is 11.8 Å². The highest BCUT2D eigenvalue weighted by Gasteiger charge is 2.17. The van der Waals surface area contributed by atoms with E-state index in [2.05, 4.69) is 29.8 Å². The Hall–Kier alpha value is -0.630. The highest BCUT2D eigenvalue weighted by Crippen LogP contribution is 2.18. The van der Waals surface area contributed by atoms with Crippen LogP contribution in [-0.4, -0.2) is 5.78 Å². The van der Waals surface area contributed by atoms with E-state index in [4.69, 9.17) is 0 Å². The van der Waals surface area contributed by atoms with Gasteiger partial charge in [0.05, 0.1) is 0 Å². The number of ketones is 1. The van der Waals surface area contributed by atoms with E-state index in [-0.39, 0.29) is 11.7 Å². The predicted molar refractivity (Wildman–Crippen MR) is 62.5 cm³/mol. The molecule has 0 amide bonds. The summed E-state index contributed by atoms with van der Waals surface area (Å²) in [6.45, 7) is 6.12. The Kier molecular flexibility index (Phi) is 3.87. The van der Waals surface area contributed by atoms with Crippen molar-refractivity contribution in [1.82, 2.24) is 0 Å². The smallest absolute Gasteiger partial charge is 0.165 e. The lowest BCUT2D eigenvalue weighted by molar-refractivity contribution is 0.0900. The second-order valence-electron chi connectivity index (χ2n) is 3.90. The summed E-state index contributed by atoms with van der Waals surface area (Å²) >= 11 is 3.35. The lowest BCUT2D eigenvalue weighted by atomic mass is 9.90. The van der Waals surface area contributed by atoms with Gasteiger partial charge in [-0.3, -0.25) is 4.79 Å². The van der Waals surface area contributed by atoms with Gasteiger partial charge in [-0.25, -0.2) is 0 Å². The van der Waals surface area contributed by atoms with Crippen LogP contribution in [0.25, 0.3) is 0 Å². The Bertz CT molecular complexity index is 314. The topological polar surface area (TPSA) is 17.1 Å². The summed E-state index contributed by atoms with van der Waals surface area (Å²) in [5.41, 5.74) is 0.800. The third-order valence-electron chi connectivity index (χ3n) is 2.54. The third kappa shape index (κ3) is 2.68. The normalized spacial score (nSPS) is 12.9. The van der Waals surface area contributed by atoms with Gasteiger partial charge in [0.1, 0.15) is 0 Å². The van der Waals surface area contributed by atoms with Crippen molar-refractivity contribution in [3.05, 3.63) is 34.3 Å². The molecule has 76 valence electrons. The molecule has 1 atom stereocenters. The van der Waals surface area contributed by atoms with Crippen molar-refractivity contribution in [2.45, 2.75) is 20.8 Å². The maximum Gasteiger partial charge on any atom is 0.165 e. The van der Waals surface area contributed by atoms with Gasteiger partial charge in [0, 0.05) is 16.0 Å². The first-order valence-electron chi connectivity index (χ1n) is 4.82. The third-order valence-corrected chi connectivity index (χ3v) is 3.07. The minimum atomic E-state index is 0.0937. The fraction of sp³-hybridized carbons (Fsp3) is 0.417. The number of carbonyl (C=O) groups is 1. The fourth-order valence-electron chi connectivity index (χ4n) is 1.18. The number of Topliss-reactive ketones (excluding diaryl/α,β-unsaturated/α-hetero) is 1. The van der Waals surface area contributed by atoms with Gasteiger partial charge in [0.2, 0.25) is 0 Å². The molecule has 1 nitrogen and oxygen atoms in total. The second-order valence-corrected chi connectivity index (χ2v) is 4.82. The molecular weight excluding hydrogens is 240 g/mol. The molecule has 0 saturated carbocycles. The molecule has 2 heteroatoms. The molecule has 0 N–H and O–H groups in total. The number of halogens is 1. The van der Waals surface area contributed by atoms with Crippen molar-refractivity contribution in [2.75, 3.05) is 0 Å². The average Bonchev–Trinajstić information content (AvgIpc) is 2.16. The Morgan fingerprint density at radius 3 is 2.07 bits per heavy atom. The maximum absolute atomic E-state index is 11.9. The minimum Gasteiger partial charge on any atom is -0.294 e. The van der Waals surface area contributed by atoms with Gasteiger partial charge in [-0.15, -0.1) is 0 Å². The van der Waals surface area contributed by atoms with Crippen LogP contribution in [0.1, 0.15) is 31.1 Å². The monoisotopic (exact) mass is 254 g/mol. The van der Waals surface area contributed by atoms with E-state index in [9.17, 15) is 4.79 Å². The van der Waals surface area contributed by atoms with E-state index in [0.717, 1.165) is 10.0 Å². The molecule has 0 heterocycles. The molecule has 1 rings (SSSR count). The Labute approximate surface area is 93.7 Å². The van der Waals surface area contributed by atoms with E-state index in [1.165, 1.54) is 0 Å². The maximum atomic E-state index is 11.9. The lowest BCUT2D eigenvalue weighted by Crippen LogP contribution is -2.16. The molecule has 1 aromatic rings. The van der Waals surface area contributed by atoms with Crippen LogP contribution in [0.5, 0.6) is 0 Å². The minimum absolute atomic E-state index is 0.0937. The van der Waals surface area contributed by atoms with Gasteiger partial charge in [-0.2, -0.15) is 0 Å². The summed E-state index contributed by atoms with van der Waals surface area (Å²) in [6, 6.07) is 7.54. The highest BCUT2D eigenvalue weighted by atomic mass is 79.9. The number of hydrogen-bond acceptors (Lipinski definition) is 1. The average molecular weight is 255 g/mol. The van der Waals surface area contributed by atoms with Crippen LogP contribution in [0.15, 0.2) is 28.7 Å². The number of carbonyl (C=O) groups excluding carboxylic acids is 1. The van der Waals surface area contributed by atoms with Crippen molar-refractivity contribution in [3.8, 4) is 0 Å². The molecule has 0 aliphatic carbocycles. The summed E-state index contributed by atoms with van der Waals surface area (Å²) < 4.78 is 1.01. The summed E-state index contributed by atoms with van der Waals surface area (Å²) in [5.74, 6) is 0.717. The first-order chi connectivity index (χ1) is 6.52. The second kappa shape index (κ2) is 4.74. The Morgan fingerprint density at radius 1 is 1.14 bits per heavy atom. The summed E-state index contributed by atoms with van der Waals surface area (Å²) in [6.07, 6.45) is 0. The zero-order valence-electron chi connectivity index (χ0n) is 8.75. The molecule has 0 aliphatic heterocycles. The van der Waals surface area contributed by atoms with Crippen LogP contribution in [-0.2, 0) is 0 Å². The summed E-state index contributed by atoms with van der Waals surface area (Å²) in [5, 5.41) is 0. The fourth-order valence-corrected chi connectivity index (χ4v) is 1.44. The van der Waals surface area contributed by atoms with Gasteiger partial charge in [0.15, 0.2) is 5.78 Å². The first kappa shape index (κ1) is 11.4. The van der Waals surface area contributed by atoms with Crippen molar-refractivity contribution >= 4 is 21.7 Å². The van der Waals surface area contributed by atoms with Gasteiger partial charge in [0.25, 0.3) is 0 Å². The predicted octanol–water partition coefficient (Wildman–Crippen LogP) is 3.92. The summed E-state index contributed by atoms with van der Waals surface area (Å²) in [4.78, 5) is 11.9. The lowest BCUT2D eigenvalue weighted by Gasteiger charge is -2.13. The van der Waals surface area contributed by atoms with Gasteiger partial charge >= 0.3 is 0 Å². The van der Waals surface area contributed by atoms with Crippen molar-refractivity contribution in [3.63, 3.8) is 0 Å². The summed E-state index contributed by atoms with van der Waals surface area (Å²) in [7, 11) is 0. The van der Waals surface area contributed by atoms with E-state index in [1.807, 2.05) is 31.2 Å². The SMILES string of the molecule is CC(C)C(C)C(=O)c1ccc(Br)cc1. The number of hydrogen-bond donors (Lipinski definition) is 0. The van der Waals surface area contributed by atoms with Crippen molar-refractivity contribution in [1.29, 1.82) is 0 Å². The molecule has 0 bridgehead atoms. The molecule has 0 fully saturated rings. The molecular formula is C12H15BrO. The quantitative estimate of drug-likeness (QED) is 0.748. The van der Waals surface area contributed by atoms with Crippen LogP contribution in [0.3, 0.4) is 0 Å². The molecule has 0 aliphatic rings. The van der Waals surface area contributed by atoms with Crippen LogP contribution in [0.2, 0.25) is 0 Å². The number of rotatable bonds is 3. The van der Waals surface area contributed by atoms with Gasteiger partial charge < -0.3 is 0 Å². The van der Waals surface area contributed by atoms with E-state index >= 15 is 0 Å².